The normalized spacial score (nSPS) is 29.3. The van der Waals surface area contributed by atoms with Gasteiger partial charge in [0.05, 0.1) is 18.2 Å². The molecule has 0 amide bonds. The van der Waals surface area contributed by atoms with E-state index in [2.05, 4.69) is 5.32 Å². The van der Waals surface area contributed by atoms with Crippen LogP contribution in [0.1, 0.15) is 13.3 Å². The molecule has 88 valence electrons. The molecule has 1 fully saturated rings. The van der Waals surface area contributed by atoms with Gasteiger partial charge in [-0.3, -0.25) is 0 Å². The fourth-order valence-corrected chi connectivity index (χ4v) is 2.14. The van der Waals surface area contributed by atoms with Crippen LogP contribution in [0.4, 0.5) is 5.69 Å². The highest BCUT2D eigenvalue weighted by molar-refractivity contribution is 6.30. The summed E-state index contributed by atoms with van der Waals surface area (Å²) in [4.78, 5) is 0. The molecule has 4 heteroatoms. The van der Waals surface area contributed by atoms with Crippen molar-refractivity contribution in [1.82, 2.24) is 0 Å². The molecule has 0 spiro atoms. The molecule has 1 aliphatic rings. The number of hydrogen-bond acceptors (Lipinski definition) is 3. The molecule has 0 bridgehead atoms. The first kappa shape index (κ1) is 11.7. The lowest BCUT2D eigenvalue weighted by Gasteiger charge is -2.32. The minimum Gasteiger partial charge on any atom is -0.394 e. The molecule has 1 saturated heterocycles. The molecule has 0 aliphatic carbocycles. The van der Waals surface area contributed by atoms with Gasteiger partial charge in [-0.2, -0.15) is 0 Å². The smallest absolute Gasteiger partial charge is 0.0885 e. The third-order valence-electron chi connectivity index (χ3n) is 3.21. The third kappa shape index (κ3) is 2.17. The molecular formula is C12H16ClNO2. The Morgan fingerprint density at radius 2 is 2.19 bits per heavy atom. The summed E-state index contributed by atoms with van der Waals surface area (Å²) in [7, 11) is 0. The van der Waals surface area contributed by atoms with Crippen molar-refractivity contribution in [2.24, 2.45) is 0 Å². The average molecular weight is 242 g/mol. The highest BCUT2D eigenvalue weighted by Gasteiger charge is 2.40. The van der Waals surface area contributed by atoms with Gasteiger partial charge in [-0.15, -0.1) is 0 Å². The van der Waals surface area contributed by atoms with Gasteiger partial charge >= 0.3 is 0 Å². The number of ether oxygens (including phenoxy) is 1. The van der Waals surface area contributed by atoms with Gasteiger partial charge in [-0.25, -0.2) is 0 Å². The summed E-state index contributed by atoms with van der Waals surface area (Å²) in [6.45, 7) is 2.73. The second-order valence-electron chi connectivity index (χ2n) is 4.21. The minimum atomic E-state index is -0.367. The maximum atomic E-state index is 9.53. The Morgan fingerprint density at radius 3 is 2.69 bits per heavy atom. The van der Waals surface area contributed by atoms with Crippen LogP contribution >= 0.6 is 11.6 Å². The van der Waals surface area contributed by atoms with Gasteiger partial charge in [0.15, 0.2) is 0 Å². The predicted octanol–water partition coefficient (Wildman–Crippen LogP) is 2.29. The molecule has 2 N–H and O–H groups in total. The summed E-state index contributed by atoms with van der Waals surface area (Å²) < 4.78 is 5.51. The van der Waals surface area contributed by atoms with Gasteiger partial charge in [0.2, 0.25) is 0 Å². The second kappa shape index (κ2) is 4.62. The van der Waals surface area contributed by atoms with Crippen LogP contribution < -0.4 is 5.32 Å². The Bertz CT molecular complexity index is 355. The molecule has 16 heavy (non-hydrogen) atoms. The monoisotopic (exact) mass is 241 g/mol. The lowest BCUT2D eigenvalue weighted by atomic mass is 9.92. The van der Waals surface area contributed by atoms with Crippen LogP contribution in [0.15, 0.2) is 24.3 Å². The highest BCUT2D eigenvalue weighted by Crippen LogP contribution is 2.30. The van der Waals surface area contributed by atoms with Crippen molar-refractivity contribution in [2.45, 2.75) is 25.0 Å². The number of nitrogens with one attached hydrogen (secondary N) is 1. The fourth-order valence-electron chi connectivity index (χ4n) is 2.01. The van der Waals surface area contributed by atoms with Gasteiger partial charge in [-0.1, -0.05) is 11.6 Å². The lowest BCUT2D eigenvalue weighted by Crippen LogP contribution is -2.47. The van der Waals surface area contributed by atoms with Crippen LogP contribution in [-0.2, 0) is 4.74 Å². The van der Waals surface area contributed by atoms with Gasteiger partial charge in [0, 0.05) is 17.3 Å². The SMILES string of the molecule is CC1OCCC1(CO)Nc1ccc(Cl)cc1. The van der Waals surface area contributed by atoms with Crippen molar-refractivity contribution in [2.75, 3.05) is 18.5 Å². The van der Waals surface area contributed by atoms with Crippen molar-refractivity contribution in [3.05, 3.63) is 29.3 Å². The maximum absolute atomic E-state index is 9.53. The minimum absolute atomic E-state index is 0.00757. The lowest BCUT2D eigenvalue weighted by molar-refractivity contribution is 0.0792. The zero-order valence-corrected chi connectivity index (χ0v) is 10.00. The third-order valence-corrected chi connectivity index (χ3v) is 3.47. The van der Waals surface area contributed by atoms with Crippen molar-refractivity contribution >= 4 is 17.3 Å². The molecule has 0 saturated carbocycles. The number of hydrogen-bond donors (Lipinski definition) is 2. The summed E-state index contributed by atoms with van der Waals surface area (Å²) in [6.07, 6.45) is 0.820. The number of aliphatic hydroxyl groups is 1. The Labute approximate surface area is 100 Å². The molecular weight excluding hydrogens is 226 g/mol. The fraction of sp³-hybridized carbons (Fsp3) is 0.500. The molecule has 1 aromatic rings. The van der Waals surface area contributed by atoms with Gasteiger partial charge < -0.3 is 15.2 Å². The molecule has 1 aliphatic heterocycles. The number of rotatable bonds is 3. The number of aliphatic hydroxyl groups excluding tert-OH is 1. The number of benzene rings is 1. The van der Waals surface area contributed by atoms with Crippen LogP contribution in [0.2, 0.25) is 5.02 Å². The largest absolute Gasteiger partial charge is 0.394 e. The van der Waals surface area contributed by atoms with E-state index in [1.807, 2.05) is 31.2 Å². The summed E-state index contributed by atoms with van der Waals surface area (Å²) in [5, 5.41) is 13.6. The predicted molar refractivity (Wildman–Crippen MR) is 64.9 cm³/mol. The molecule has 0 radical (unpaired) electrons. The van der Waals surface area contributed by atoms with Crippen LogP contribution in [0.5, 0.6) is 0 Å². The highest BCUT2D eigenvalue weighted by atomic mass is 35.5. The maximum Gasteiger partial charge on any atom is 0.0885 e. The van der Waals surface area contributed by atoms with Crippen molar-refractivity contribution in [1.29, 1.82) is 0 Å². The molecule has 0 aromatic heterocycles. The van der Waals surface area contributed by atoms with Crippen LogP contribution in [0.25, 0.3) is 0 Å². The van der Waals surface area contributed by atoms with E-state index >= 15 is 0 Å². The van der Waals surface area contributed by atoms with Crippen LogP contribution in [0.3, 0.4) is 0 Å². The Kier molecular flexibility index (Phi) is 3.38. The summed E-state index contributed by atoms with van der Waals surface area (Å²) >= 11 is 5.82. The van der Waals surface area contributed by atoms with E-state index in [1.165, 1.54) is 0 Å². The summed E-state index contributed by atoms with van der Waals surface area (Å²) in [5.74, 6) is 0. The van der Waals surface area contributed by atoms with Gasteiger partial charge in [0.25, 0.3) is 0 Å². The molecule has 1 aromatic carbocycles. The molecule has 3 nitrogen and oxygen atoms in total. The van der Waals surface area contributed by atoms with Crippen molar-refractivity contribution < 1.29 is 9.84 Å². The summed E-state index contributed by atoms with van der Waals surface area (Å²) in [6, 6.07) is 7.47. The van der Waals surface area contributed by atoms with E-state index < -0.39 is 0 Å². The van der Waals surface area contributed by atoms with Crippen molar-refractivity contribution in [3.63, 3.8) is 0 Å². The zero-order valence-electron chi connectivity index (χ0n) is 9.24. The van der Waals surface area contributed by atoms with E-state index in [1.54, 1.807) is 0 Å². The van der Waals surface area contributed by atoms with Gasteiger partial charge in [0.1, 0.15) is 0 Å². The first-order valence-electron chi connectivity index (χ1n) is 5.42. The second-order valence-corrected chi connectivity index (χ2v) is 4.65. The van der Waals surface area contributed by atoms with E-state index in [0.717, 1.165) is 12.1 Å². The number of halogens is 1. The zero-order chi connectivity index (χ0) is 11.6. The van der Waals surface area contributed by atoms with Crippen LogP contribution in [-0.4, -0.2) is 30.0 Å². The van der Waals surface area contributed by atoms with Crippen molar-refractivity contribution in [3.8, 4) is 0 Å². The van der Waals surface area contributed by atoms with Crippen LogP contribution in [0, 0.1) is 0 Å². The quantitative estimate of drug-likeness (QED) is 0.853. The topological polar surface area (TPSA) is 41.5 Å². The van der Waals surface area contributed by atoms with E-state index in [-0.39, 0.29) is 18.2 Å². The Balaban J connectivity index is 2.15. The molecule has 1 heterocycles. The van der Waals surface area contributed by atoms with E-state index in [4.69, 9.17) is 16.3 Å². The average Bonchev–Trinajstić information content (AvgIpc) is 2.64. The molecule has 2 rings (SSSR count). The Hall–Kier alpha value is -0.770. The van der Waals surface area contributed by atoms with E-state index in [9.17, 15) is 5.11 Å². The standard InChI is InChI=1S/C12H16ClNO2/c1-9-12(8-15,6-7-16-9)14-11-4-2-10(13)3-5-11/h2-5,9,14-15H,6-8H2,1H3. The Morgan fingerprint density at radius 1 is 1.50 bits per heavy atom. The van der Waals surface area contributed by atoms with Gasteiger partial charge in [-0.05, 0) is 37.6 Å². The first-order valence-corrected chi connectivity index (χ1v) is 5.80. The summed E-state index contributed by atoms with van der Waals surface area (Å²) in [5.41, 5.74) is 0.587. The molecule has 2 unspecified atom stereocenters. The first-order chi connectivity index (χ1) is 7.66. The van der Waals surface area contributed by atoms with E-state index in [0.29, 0.717) is 11.6 Å². The number of anilines is 1. The molecule has 2 atom stereocenters.